The van der Waals surface area contributed by atoms with Crippen LogP contribution in [-0.4, -0.2) is 34.9 Å². The molecule has 0 unspecified atom stereocenters. The van der Waals surface area contributed by atoms with Gasteiger partial charge in [-0.05, 0) is 43.7 Å². The standard InChI is InChI=1S/C19H22N2O3S/c1-3-24-19(23)10-12-21(14-16-5-4-11-20-13-16)18(22)9-8-17-7-6-15(2)25-17/h4-9,11,13H,3,10,12,14H2,1-2H3/b9-8+. The van der Waals surface area contributed by atoms with Gasteiger partial charge < -0.3 is 9.64 Å². The van der Waals surface area contributed by atoms with Crippen LogP contribution in [0, 0.1) is 6.92 Å². The second kappa shape index (κ2) is 9.74. The van der Waals surface area contributed by atoms with E-state index in [1.807, 2.05) is 31.2 Å². The summed E-state index contributed by atoms with van der Waals surface area (Å²) in [6, 6.07) is 7.73. The summed E-state index contributed by atoms with van der Waals surface area (Å²) >= 11 is 1.63. The number of aryl methyl sites for hydroxylation is 1. The van der Waals surface area contributed by atoms with Crippen molar-refractivity contribution in [1.82, 2.24) is 9.88 Å². The number of nitrogens with zero attached hydrogens (tertiary/aromatic N) is 2. The number of carbonyl (C=O) groups is 2. The Morgan fingerprint density at radius 2 is 2.16 bits per heavy atom. The Labute approximate surface area is 152 Å². The number of hydrogen-bond donors (Lipinski definition) is 0. The predicted octanol–water partition coefficient (Wildman–Crippen LogP) is 3.45. The lowest BCUT2D eigenvalue weighted by atomic mass is 10.2. The molecule has 0 bridgehead atoms. The Balaban J connectivity index is 2.04. The van der Waals surface area contributed by atoms with E-state index in [2.05, 4.69) is 4.98 Å². The van der Waals surface area contributed by atoms with Crippen molar-refractivity contribution in [2.45, 2.75) is 26.8 Å². The molecule has 132 valence electrons. The van der Waals surface area contributed by atoms with Crippen LogP contribution in [0.2, 0.25) is 0 Å². The smallest absolute Gasteiger partial charge is 0.307 e. The molecule has 0 atom stereocenters. The topological polar surface area (TPSA) is 59.5 Å². The van der Waals surface area contributed by atoms with E-state index in [1.54, 1.807) is 47.7 Å². The fourth-order valence-corrected chi connectivity index (χ4v) is 3.02. The highest BCUT2D eigenvalue weighted by atomic mass is 32.1. The molecule has 0 aliphatic carbocycles. The molecule has 0 aliphatic rings. The first-order valence-corrected chi connectivity index (χ1v) is 8.98. The minimum absolute atomic E-state index is 0.140. The molecule has 6 heteroatoms. The van der Waals surface area contributed by atoms with Gasteiger partial charge in [-0.15, -0.1) is 11.3 Å². The number of pyridine rings is 1. The largest absolute Gasteiger partial charge is 0.466 e. The third-order valence-electron chi connectivity index (χ3n) is 3.45. The van der Waals surface area contributed by atoms with E-state index in [0.29, 0.717) is 19.7 Å². The summed E-state index contributed by atoms with van der Waals surface area (Å²) in [5, 5.41) is 0. The number of hydrogen-bond acceptors (Lipinski definition) is 5. The molecule has 2 aromatic heterocycles. The first-order chi connectivity index (χ1) is 12.1. The van der Waals surface area contributed by atoms with E-state index in [1.165, 1.54) is 4.88 Å². The van der Waals surface area contributed by atoms with Crippen LogP contribution < -0.4 is 0 Å². The number of esters is 1. The molecule has 5 nitrogen and oxygen atoms in total. The van der Waals surface area contributed by atoms with Crippen LogP contribution >= 0.6 is 11.3 Å². The van der Waals surface area contributed by atoms with Gasteiger partial charge in [0.2, 0.25) is 5.91 Å². The quantitative estimate of drug-likeness (QED) is 0.536. The van der Waals surface area contributed by atoms with E-state index >= 15 is 0 Å². The van der Waals surface area contributed by atoms with Crippen molar-refractivity contribution in [3.63, 3.8) is 0 Å². The number of aromatic nitrogens is 1. The molecular formula is C19H22N2O3S. The van der Waals surface area contributed by atoms with E-state index in [0.717, 1.165) is 10.4 Å². The molecule has 0 aliphatic heterocycles. The van der Waals surface area contributed by atoms with E-state index in [-0.39, 0.29) is 18.3 Å². The fourth-order valence-electron chi connectivity index (χ4n) is 2.24. The Morgan fingerprint density at radius 1 is 1.32 bits per heavy atom. The highest BCUT2D eigenvalue weighted by Crippen LogP contribution is 2.16. The van der Waals surface area contributed by atoms with Crippen molar-refractivity contribution in [2.24, 2.45) is 0 Å². The Hall–Kier alpha value is -2.47. The third-order valence-corrected chi connectivity index (χ3v) is 4.42. The minimum Gasteiger partial charge on any atom is -0.466 e. The number of thiophene rings is 1. The summed E-state index contributed by atoms with van der Waals surface area (Å²) in [5.74, 6) is -0.441. The van der Waals surface area contributed by atoms with Gasteiger partial charge >= 0.3 is 5.97 Å². The lowest BCUT2D eigenvalue weighted by Crippen LogP contribution is -2.31. The van der Waals surface area contributed by atoms with Gasteiger partial charge in [-0.2, -0.15) is 0 Å². The molecule has 2 aromatic rings. The molecule has 2 heterocycles. The van der Waals surface area contributed by atoms with Crippen molar-refractivity contribution < 1.29 is 14.3 Å². The van der Waals surface area contributed by atoms with Crippen LogP contribution in [0.1, 0.15) is 28.7 Å². The van der Waals surface area contributed by atoms with Gasteiger partial charge in [0.1, 0.15) is 0 Å². The number of rotatable bonds is 8. The molecule has 0 radical (unpaired) electrons. The van der Waals surface area contributed by atoms with Gasteiger partial charge in [0.15, 0.2) is 0 Å². The second-order valence-corrected chi connectivity index (χ2v) is 6.78. The third kappa shape index (κ3) is 6.51. The summed E-state index contributed by atoms with van der Waals surface area (Å²) in [4.78, 5) is 32.1. The van der Waals surface area contributed by atoms with Crippen LogP contribution in [0.3, 0.4) is 0 Å². The van der Waals surface area contributed by atoms with E-state index in [9.17, 15) is 9.59 Å². The number of ether oxygens (including phenoxy) is 1. The molecule has 0 spiro atoms. The molecule has 2 rings (SSSR count). The summed E-state index contributed by atoms with van der Waals surface area (Å²) in [7, 11) is 0. The van der Waals surface area contributed by atoms with Crippen LogP contribution in [0.5, 0.6) is 0 Å². The van der Waals surface area contributed by atoms with Crippen molar-refractivity contribution in [3.05, 3.63) is 58.1 Å². The van der Waals surface area contributed by atoms with Crippen molar-refractivity contribution >= 4 is 29.3 Å². The Morgan fingerprint density at radius 3 is 2.80 bits per heavy atom. The summed E-state index contributed by atoms with van der Waals surface area (Å²) < 4.78 is 4.95. The van der Waals surface area contributed by atoms with Gasteiger partial charge in [-0.1, -0.05) is 6.07 Å². The van der Waals surface area contributed by atoms with E-state index in [4.69, 9.17) is 4.74 Å². The van der Waals surface area contributed by atoms with Gasteiger partial charge in [0.25, 0.3) is 0 Å². The zero-order valence-electron chi connectivity index (χ0n) is 14.5. The molecule has 0 N–H and O–H groups in total. The lowest BCUT2D eigenvalue weighted by molar-refractivity contribution is -0.143. The Kier molecular flexibility index (Phi) is 7.35. The predicted molar refractivity (Wildman–Crippen MR) is 99.0 cm³/mol. The average Bonchev–Trinajstić information content (AvgIpc) is 3.03. The van der Waals surface area contributed by atoms with Crippen molar-refractivity contribution in [3.8, 4) is 0 Å². The average molecular weight is 358 g/mol. The highest BCUT2D eigenvalue weighted by molar-refractivity contribution is 7.12. The summed E-state index contributed by atoms with van der Waals surface area (Å²) in [6.45, 7) is 4.84. The molecular weight excluding hydrogens is 336 g/mol. The molecule has 0 aromatic carbocycles. The fraction of sp³-hybridized carbons (Fsp3) is 0.316. The lowest BCUT2D eigenvalue weighted by Gasteiger charge is -2.20. The summed E-state index contributed by atoms with van der Waals surface area (Å²) in [6.07, 6.45) is 6.93. The van der Waals surface area contributed by atoms with Gasteiger partial charge in [0.05, 0.1) is 13.0 Å². The number of amides is 1. The van der Waals surface area contributed by atoms with Gasteiger partial charge in [-0.25, -0.2) is 0 Å². The second-order valence-electron chi connectivity index (χ2n) is 5.46. The van der Waals surface area contributed by atoms with Crippen LogP contribution in [0.25, 0.3) is 6.08 Å². The molecule has 25 heavy (non-hydrogen) atoms. The van der Waals surface area contributed by atoms with Crippen LogP contribution in [0.4, 0.5) is 0 Å². The van der Waals surface area contributed by atoms with Crippen LogP contribution in [0.15, 0.2) is 42.7 Å². The van der Waals surface area contributed by atoms with Gasteiger partial charge in [0, 0.05) is 41.3 Å². The molecule has 1 amide bonds. The minimum atomic E-state index is -0.302. The zero-order chi connectivity index (χ0) is 18.1. The Bertz CT molecular complexity index is 725. The first kappa shape index (κ1) is 18.9. The highest BCUT2D eigenvalue weighted by Gasteiger charge is 2.14. The van der Waals surface area contributed by atoms with Crippen LogP contribution in [-0.2, 0) is 20.9 Å². The maximum atomic E-state index is 12.6. The molecule has 0 fully saturated rings. The van der Waals surface area contributed by atoms with Crippen molar-refractivity contribution in [1.29, 1.82) is 0 Å². The molecule has 0 saturated carbocycles. The monoisotopic (exact) mass is 358 g/mol. The van der Waals surface area contributed by atoms with E-state index < -0.39 is 0 Å². The van der Waals surface area contributed by atoms with Crippen molar-refractivity contribution in [2.75, 3.05) is 13.2 Å². The number of carbonyl (C=O) groups excluding carboxylic acids is 2. The maximum absolute atomic E-state index is 12.6. The molecule has 0 saturated heterocycles. The summed E-state index contributed by atoms with van der Waals surface area (Å²) in [5.41, 5.74) is 0.917. The zero-order valence-corrected chi connectivity index (χ0v) is 15.3. The maximum Gasteiger partial charge on any atom is 0.307 e. The van der Waals surface area contributed by atoms with Gasteiger partial charge in [-0.3, -0.25) is 14.6 Å². The normalized spacial score (nSPS) is 10.8. The SMILES string of the molecule is CCOC(=O)CCN(Cc1cccnc1)C(=O)/C=C/c1ccc(C)s1. The first-order valence-electron chi connectivity index (χ1n) is 8.16.